The predicted molar refractivity (Wildman–Crippen MR) is 87.9 cm³/mol. The number of nitrogens with zero attached hydrogens (tertiary/aromatic N) is 3. The second kappa shape index (κ2) is 5.73. The van der Waals surface area contributed by atoms with Crippen LogP contribution in [0, 0.1) is 24.0 Å². The fourth-order valence-electron chi connectivity index (χ4n) is 2.21. The lowest BCUT2D eigenvalue weighted by atomic mass is 10.2. The second-order valence-corrected chi connectivity index (χ2v) is 6.14. The maximum atomic E-state index is 12.3. The molecule has 0 radical (unpaired) electrons. The number of nitro benzene ring substituents is 1. The Labute approximate surface area is 135 Å². The Hall–Kier alpha value is -2.87. The fraction of sp³-hybridized carbons (Fsp3) is 0.133. The smallest absolute Gasteiger partial charge is 0.270 e. The van der Waals surface area contributed by atoms with Crippen LogP contribution in [0.2, 0.25) is 0 Å². The molecule has 0 atom stereocenters. The summed E-state index contributed by atoms with van der Waals surface area (Å²) in [5.41, 5.74) is 1.26. The highest BCUT2D eigenvalue weighted by molar-refractivity contribution is 7.13. The van der Waals surface area contributed by atoms with E-state index in [4.69, 9.17) is 0 Å². The number of hydrogen-bond acceptors (Lipinski definition) is 6. The minimum absolute atomic E-state index is 0.00634. The highest BCUT2D eigenvalue weighted by Crippen LogP contribution is 2.22. The molecule has 0 spiro atoms. The van der Waals surface area contributed by atoms with Gasteiger partial charge in [0.2, 0.25) is 0 Å². The predicted octanol–water partition coefficient (Wildman–Crippen LogP) is 3.47. The summed E-state index contributed by atoms with van der Waals surface area (Å²) in [4.78, 5) is 31.7. The van der Waals surface area contributed by atoms with Crippen molar-refractivity contribution in [3.8, 4) is 0 Å². The molecule has 7 nitrogen and oxygen atoms in total. The minimum atomic E-state index is -0.454. The van der Waals surface area contributed by atoms with Crippen molar-refractivity contribution in [2.24, 2.45) is 0 Å². The van der Waals surface area contributed by atoms with Crippen LogP contribution in [0.5, 0.6) is 0 Å². The molecular weight excluding hydrogens is 316 g/mol. The van der Waals surface area contributed by atoms with E-state index in [2.05, 4.69) is 15.3 Å². The first-order valence-corrected chi connectivity index (χ1v) is 7.56. The minimum Gasteiger partial charge on any atom is -0.306 e. The molecule has 3 rings (SSSR count). The zero-order valence-electron chi connectivity index (χ0n) is 12.4. The number of nitro groups is 1. The first-order chi connectivity index (χ1) is 10.9. The summed E-state index contributed by atoms with van der Waals surface area (Å²) in [5.74, 6) is 0.128. The maximum absolute atomic E-state index is 12.3. The number of thiazole rings is 1. The zero-order valence-corrected chi connectivity index (χ0v) is 13.2. The van der Waals surface area contributed by atoms with Crippen LogP contribution in [0.1, 0.15) is 20.4 Å². The second-order valence-electron chi connectivity index (χ2n) is 4.93. The summed E-state index contributed by atoms with van der Waals surface area (Å²) in [6.07, 6.45) is 0. The number of fused-ring (bicyclic) bond motifs is 1. The summed E-state index contributed by atoms with van der Waals surface area (Å²) in [6, 6.07) is 7.70. The lowest BCUT2D eigenvalue weighted by molar-refractivity contribution is -0.384. The van der Waals surface area contributed by atoms with Gasteiger partial charge in [-0.15, -0.1) is 11.3 Å². The third-order valence-electron chi connectivity index (χ3n) is 3.23. The maximum Gasteiger partial charge on any atom is 0.270 e. The van der Waals surface area contributed by atoms with Crippen LogP contribution in [-0.2, 0) is 0 Å². The Morgan fingerprint density at radius 3 is 2.65 bits per heavy atom. The molecule has 23 heavy (non-hydrogen) atoms. The summed E-state index contributed by atoms with van der Waals surface area (Å²) in [6.45, 7) is 3.63. The number of anilines is 1. The van der Waals surface area contributed by atoms with Crippen LogP contribution in [0.25, 0.3) is 10.9 Å². The Morgan fingerprint density at radius 2 is 2.00 bits per heavy atom. The highest BCUT2D eigenvalue weighted by atomic mass is 32.1. The van der Waals surface area contributed by atoms with Crippen molar-refractivity contribution < 1.29 is 9.72 Å². The Kier molecular flexibility index (Phi) is 3.75. The van der Waals surface area contributed by atoms with Crippen LogP contribution in [0.3, 0.4) is 0 Å². The van der Waals surface area contributed by atoms with E-state index in [0.717, 1.165) is 5.01 Å². The molecule has 0 saturated heterocycles. The Bertz CT molecular complexity index is 936. The molecule has 1 N–H and O–H groups in total. The summed E-state index contributed by atoms with van der Waals surface area (Å²) in [5, 5.41) is 15.0. The number of carbonyl (C=O) groups is 1. The van der Waals surface area contributed by atoms with Gasteiger partial charge in [-0.25, -0.2) is 9.97 Å². The molecule has 0 aliphatic heterocycles. The van der Waals surface area contributed by atoms with Crippen molar-refractivity contribution in [2.45, 2.75) is 13.8 Å². The third kappa shape index (κ3) is 3.02. The Morgan fingerprint density at radius 1 is 1.22 bits per heavy atom. The van der Waals surface area contributed by atoms with Gasteiger partial charge in [-0.05, 0) is 32.0 Å². The number of pyridine rings is 1. The first-order valence-electron chi connectivity index (χ1n) is 6.74. The van der Waals surface area contributed by atoms with Gasteiger partial charge in [0, 0.05) is 17.5 Å². The molecule has 3 aromatic rings. The molecule has 0 aliphatic rings. The monoisotopic (exact) mass is 328 g/mol. The van der Waals surface area contributed by atoms with E-state index < -0.39 is 4.92 Å². The number of benzene rings is 1. The van der Waals surface area contributed by atoms with Gasteiger partial charge >= 0.3 is 0 Å². The molecule has 2 heterocycles. The van der Waals surface area contributed by atoms with Gasteiger partial charge in [0.05, 0.1) is 21.1 Å². The van der Waals surface area contributed by atoms with Crippen molar-refractivity contribution >= 4 is 39.7 Å². The molecule has 116 valence electrons. The highest BCUT2D eigenvalue weighted by Gasteiger charge is 2.15. The number of carbonyl (C=O) groups excluding carboxylic acids is 1. The van der Waals surface area contributed by atoms with Gasteiger partial charge in [0.1, 0.15) is 10.7 Å². The zero-order chi connectivity index (χ0) is 16.6. The van der Waals surface area contributed by atoms with Gasteiger partial charge in [-0.1, -0.05) is 0 Å². The van der Waals surface area contributed by atoms with Crippen molar-refractivity contribution in [2.75, 3.05) is 5.32 Å². The van der Waals surface area contributed by atoms with Crippen LogP contribution in [-0.4, -0.2) is 20.8 Å². The lowest BCUT2D eigenvalue weighted by Crippen LogP contribution is -2.12. The number of aryl methyl sites for hydroxylation is 2. The molecular formula is C15H12N4O3S. The number of amides is 1. The van der Waals surface area contributed by atoms with E-state index in [0.29, 0.717) is 27.3 Å². The SMILES string of the molecule is Cc1nc(C)c(C(=O)Nc2ccc3cc([N+](=O)[O-])ccc3n2)s1. The van der Waals surface area contributed by atoms with E-state index >= 15 is 0 Å². The molecule has 0 bridgehead atoms. The molecule has 0 aliphatic carbocycles. The fourth-order valence-corrected chi connectivity index (χ4v) is 3.03. The molecule has 0 saturated carbocycles. The van der Waals surface area contributed by atoms with Crippen molar-refractivity contribution in [1.82, 2.24) is 9.97 Å². The van der Waals surface area contributed by atoms with E-state index in [1.165, 1.54) is 23.5 Å². The molecule has 0 fully saturated rings. The number of aromatic nitrogens is 2. The van der Waals surface area contributed by atoms with Gasteiger partial charge in [0.15, 0.2) is 0 Å². The normalized spacial score (nSPS) is 10.7. The van der Waals surface area contributed by atoms with Crippen LogP contribution in [0.15, 0.2) is 30.3 Å². The van der Waals surface area contributed by atoms with Gasteiger partial charge in [-0.3, -0.25) is 14.9 Å². The van der Waals surface area contributed by atoms with E-state index in [1.54, 1.807) is 25.1 Å². The number of hydrogen-bond donors (Lipinski definition) is 1. The number of non-ortho nitro benzene ring substituents is 1. The van der Waals surface area contributed by atoms with Crippen molar-refractivity contribution in [1.29, 1.82) is 0 Å². The molecule has 1 aromatic carbocycles. The number of nitrogens with one attached hydrogen (secondary N) is 1. The quantitative estimate of drug-likeness (QED) is 0.586. The molecule has 1 amide bonds. The Balaban J connectivity index is 1.89. The van der Waals surface area contributed by atoms with Gasteiger partial charge < -0.3 is 5.32 Å². The third-order valence-corrected chi connectivity index (χ3v) is 4.31. The summed E-state index contributed by atoms with van der Waals surface area (Å²) in [7, 11) is 0. The van der Waals surface area contributed by atoms with E-state index in [9.17, 15) is 14.9 Å². The van der Waals surface area contributed by atoms with Gasteiger partial charge in [-0.2, -0.15) is 0 Å². The summed E-state index contributed by atoms with van der Waals surface area (Å²) >= 11 is 1.32. The molecule has 8 heteroatoms. The largest absolute Gasteiger partial charge is 0.306 e. The van der Waals surface area contributed by atoms with Crippen LogP contribution < -0.4 is 5.32 Å². The average molecular weight is 328 g/mol. The van der Waals surface area contributed by atoms with Crippen LogP contribution in [0.4, 0.5) is 11.5 Å². The standard InChI is InChI=1S/C15H12N4O3S/c1-8-14(23-9(2)16-8)15(20)18-13-6-3-10-7-11(19(21)22)4-5-12(10)17-13/h3-7H,1-2H3,(H,17,18,20). The molecule has 2 aromatic heterocycles. The van der Waals surface area contributed by atoms with Crippen LogP contribution >= 0.6 is 11.3 Å². The van der Waals surface area contributed by atoms with Gasteiger partial charge in [0.25, 0.3) is 11.6 Å². The van der Waals surface area contributed by atoms with E-state index in [-0.39, 0.29) is 11.6 Å². The number of rotatable bonds is 3. The molecule has 0 unspecified atom stereocenters. The van der Waals surface area contributed by atoms with Crippen molar-refractivity contribution in [3.05, 3.63) is 56.0 Å². The topological polar surface area (TPSA) is 98.0 Å². The summed E-state index contributed by atoms with van der Waals surface area (Å²) < 4.78 is 0. The van der Waals surface area contributed by atoms with E-state index in [1.807, 2.05) is 6.92 Å². The lowest BCUT2D eigenvalue weighted by Gasteiger charge is -2.05. The first kappa shape index (κ1) is 15.0. The van der Waals surface area contributed by atoms with Crippen molar-refractivity contribution in [3.63, 3.8) is 0 Å². The average Bonchev–Trinajstić information content (AvgIpc) is 2.85.